The molecule has 2 fully saturated rings. The lowest BCUT2D eigenvalue weighted by Crippen LogP contribution is -2.64. The Morgan fingerprint density at radius 2 is 1.17 bits per heavy atom. The van der Waals surface area contributed by atoms with E-state index in [9.17, 15) is 19.2 Å². The molecule has 0 aromatic carbocycles. The zero-order valence-corrected chi connectivity index (χ0v) is 18.7. The molecule has 6 amide bonds. The fourth-order valence-electron chi connectivity index (χ4n) is 3.86. The van der Waals surface area contributed by atoms with Gasteiger partial charge in [-0.15, -0.1) is 0 Å². The number of rotatable bonds is 4. The number of nitrogens with one attached hydrogen (secondary N) is 2. The minimum Gasteiger partial charge on any atom is -0.335 e. The summed E-state index contributed by atoms with van der Waals surface area (Å²) in [5, 5.41) is 4.65. The van der Waals surface area contributed by atoms with E-state index >= 15 is 0 Å². The van der Waals surface area contributed by atoms with Crippen molar-refractivity contribution in [3.8, 4) is 0 Å². The molecule has 4 atom stereocenters. The smallest absolute Gasteiger partial charge is 0.325 e. The van der Waals surface area contributed by atoms with Crippen LogP contribution in [0.3, 0.4) is 0 Å². The maximum Gasteiger partial charge on any atom is 0.325 e. The molecule has 0 aliphatic carbocycles. The third-order valence-corrected chi connectivity index (χ3v) is 6.74. The van der Waals surface area contributed by atoms with E-state index in [1.165, 1.54) is 9.80 Å². The van der Waals surface area contributed by atoms with Crippen molar-refractivity contribution in [2.75, 3.05) is 27.2 Å². The van der Waals surface area contributed by atoms with Crippen molar-refractivity contribution >= 4 is 65.2 Å². The predicted molar refractivity (Wildman–Crippen MR) is 109 cm³/mol. The number of carbonyl (C=O) groups excluding carboxylic acids is 4. The highest BCUT2D eigenvalue weighted by Gasteiger charge is 2.49. The van der Waals surface area contributed by atoms with Crippen LogP contribution in [0.25, 0.3) is 0 Å². The lowest BCUT2D eigenvalue weighted by molar-refractivity contribution is -0.127. The molecule has 0 radical (unpaired) electrons. The van der Waals surface area contributed by atoms with Gasteiger partial charge in [0.1, 0.15) is 0 Å². The molecule has 0 spiro atoms. The van der Waals surface area contributed by atoms with Gasteiger partial charge < -0.3 is 19.6 Å². The number of halogens is 2. The zero-order valence-electron chi connectivity index (χ0n) is 15.5. The lowest BCUT2D eigenvalue weighted by Gasteiger charge is -2.37. The molecule has 4 aliphatic rings. The average molecular weight is 534 g/mol. The molecule has 4 aliphatic heterocycles. The van der Waals surface area contributed by atoms with Crippen molar-refractivity contribution in [2.45, 2.75) is 30.8 Å². The van der Waals surface area contributed by atoms with E-state index in [1.54, 1.807) is 23.9 Å². The van der Waals surface area contributed by atoms with E-state index in [4.69, 9.17) is 0 Å². The topological polar surface area (TPSA) is 130 Å². The Hall–Kier alpha value is -2.22. The molecule has 12 nitrogen and oxygen atoms in total. The van der Waals surface area contributed by atoms with Gasteiger partial charge in [-0.2, -0.15) is 0 Å². The van der Waals surface area contributed by atoms with Gasteiger partial charge in [0.25, 0.3) is 11.8 Å². The molecular weight excluding hydrogens is 516 g/mol. The molecule has 156 valence electrons. The highest BCUT2D eigenvalue weighted by atomic mass is 79.9. The molecule has 4 heterocycles. The van der Waals surface area contributed by atoms with E-state index in [2.05, 4.69) is 52.5 Å². The number of carbonyl (C=O) groups is 4. The van der Waals surface area contributed by atoms with Crippen molar-refractivity contribution in [3.05, 3.63) is 0 Å². The summed E-state index contributed by atoms with van der Waals surface area (Å²) in [5.74, 6) is -0.792. The number of fused-ring (bicyclic) bond motifs is 2. The van der Waals surface area contributed by atoms with Gasteiger partial charge >= 0.3 is 12.1 Å². The minimum absolute atomic E-state index is 0.396. The standard InChI is InChI=1S/C15H18Br2N8O4/c1-22-8-6(10(26)20-14(22)28)24(12(16)18-8)4-3-5-25-7-9(19-13(25)17)23(2)15(29)21-11(7)27/h6-9H,3-5H2,1-2H3,(H,20,26,28)(H,21,27,29). The predicted octanol–water partition coefficient (Wildman–Crippen LogP) is -0.738. The van der Waals surface area contributed by atoms with Crippen LogP contribution in [-0.2, 0) is 9.59 Å². The van der Waals surface area contributed by atoms with Crippen molar-refractivity contribution in [3.63, 3.8) is 0 Å². The van der Waals surface area contributed by atoms with Crippen LogP contribution in [0.1, 0.15) is 6.42 Å². The maximum atomic E-state index is 12.3. The first-order valence-electron chi connectivity index (χ1n) is 8.86. The fourth-order valence-corrected chi connectivity index (χ4v) is 5.07. The summed E-state index contributed by atoms with van der Waals surface area (Å²) >= 11 is 6.76. The van der Waals surface area contributed by atoms with Gasteiger partial charge in [0.15, 0.2) is 33.9 Å². The van der Waals surface area contributed by atoms with Gasteiger partial charge in [-0.1, -0.05) is 0 Å². The summed E-state index contributed by atoms with van der Waals surface area (Å²) in [6.45, 7) is 0.927. The molecule has 2 saturated heterocycles. The highest BCUT2D eigenvalue weighted by Crippen LogP contribution is 2.28. The lowest BCUT2D eigenvalue weighted by atomic mass is 10.1. The number of urea groups is 2. The number of amides is 6. The van der Waals surface area contributed by atoms with Crippen LogP contribution >= 0.6 is 31.9 Å². The molecule has 4 unspecified atom stereocenters. The van der Waals surface area contributed by atoms with Gasteiger partial charge in [-0.05, 0) is 38.3 Å². The van der Waals surface area contributed by atoms with Gasteiger partial charge in [0.2, 0.25) is 0 Å². The Bertz CT molecular complexity index is 795. The minimum atomic E-state index is -0.614. The third-order valence-electron chi connectivity index (χ3n) is 5.42. The first kappa shape index (κ1) is 20.1. The van der Waals surface area contributed by atoms with E-state index in [1.807, 2.05) is 0 Å². The van der Waals surface area contributed by atoms with Crippen molar-refractivity contribution in [1.29, 1.82) is 0 Å². The quantitative estimate of drug-likeness (QED) is 0.458. The second kappa shape index (κ2) is 7.23. The SMILES string of the molecule is CN1C(=O)NC(=O)C2C1N=C(Br)N2CCCN1C(Br)=NC2C1C(=O)NC(=O)N2C. The summed E-state index contributed by atoms with van der Waals surface area (Å²) < 4.78 is 0.994. The summed E-state index contributed by atoms with van der Waals surface area (Å²) in [5.41, 5.74) is 0. The van der Waals surface area contributed by atoms with Gasteiger partial charge in [0.05, 0.1) is 0 Å². The first-order valence-corrected chi connectivity index (χ1v) is 10.4. The number of hydrogen-bond acceptors (Lipinski definition) is 8. The fraction of sp³-hybridized carbons (Fsp3) is 0.600. The molecule has 29 heavy (non-hydrogen) atoms. The normalized spacial score (nSPS) is 31.4. The highest BCUT2D eigenvalue weighted by molar-refractivity contribution is 9.18. The Morgan fingerprint density at radius 1 is 0.793 bits per heavy atom. The van der Waals surface area contributed by atoms with Crippen LogP contribution in [0.15, 0.2) is 9.98 Å². The van der Waals surface area contributed by atoms with E-state index in [-0.39, 0.29) is 0 Å². The molecule has 0 saturated carbocycles. The number of hydrogen-bond donors (Lipinski definition) is 2. The van der Waals surface area contributed by atoms with Crippen LogP contribution in [0.5, 0.6) is 0 Å². The molecule has 0 aromatic heterocycles. The molecular formula is C15H18Br2N8O4. The maximum absolute atomic E-state index is 12.3. The molecule has 0 aromatic rings. The van der Waals surface area contributed by atoms with E-state index < -0.39 is 48.3 Å². The largest absolute Gasteiger partial charge is 0.335 e. The van der Waals surface area contributed by atoms with Gasteiger partial charge in [-0.3, -0.25) is 20.2 Å². The van der Waals surface area contributed by atoms with Crippen LogP contribution in [0.4, 0.5) is 9.59 Å². The second-order valence-corrected chi connectivity index (χ2v) is 8.48. The van der Waals surface area contributed by atoms with Crippen molar-refractivity contribution in [2.24, 2.45) is 9.98 Å². The van der Waals surface area contributed by atoms with Crippen LogP contribution in [-0.4, -0.2) is 105 Å². The van der Waals surface area contributed by atoms with E-state index in [0.29, 0.717) is 29.0 Å². The van der Waals surface area contributed by atoms with Crippen LogP contribution < -0.4 is 10.6 Å². The zero-order chi connectivity index (χ0) is 21.0. The third kappa shape index (κ3) is 3.17. The Balaban J connectivity index is 1.42. The Labute approximate surface area is 182 Å². The Kier molecular flexibility index (Phi) is 5.01. The summed E-state index contributed by atoms with van der Waals surface area (Å²) in [7, 11) is 3.17. The van der Waals surface area contributed by atoms with E-state index in [0.717, 1.165) is 0 Å². The van der Waals surface area contributed by atoms with Gasteiger partial charge in [-0.25, -0.2) is 19.6 Å². The second-order valence-electron chi connectivity index (χ2n) is 7.06. The molecule has 0 bridgehead atoms. The average Bonchev–Trinajstić information content (AvgIpc) is 3.16. The number of likely N-dealkylation sites (N-methyl/N-ethyl adjacent to an activating group) is 2. The number of nitrogens with zero attached hydrogens (tertiary/aromatic N) is 6. The van der Waals surface area contributed by atoms with Gasteiger partial charge in [0, 0.05) is 27.2 Å². The van der Waals surface area contributed by atoms with Crippen LogP contribution in [0.2, 0.25) is 0 Å². The molecule has 2 N–H and O–H groups in total. The summed E-state index contributed by atoms with van der Waals surface area (Å²) in [6, 6.07) is -2.19. The molecule has 4 rings (SSSR count). The van der Waals surface area contributed by atoms with Crippen LogP contribution in [0, 0.1) is 0 Å². The number of aliphatic imine (C=N–C) groups is 2. The Morgan fingerprint density at radius 3 is 1.55 bits per heavy atom. The summed E-state index contributed by atoms with van der Waals surface area (Å²) in [4.78, 5) is 63.4. The summed E-state index contributed by atoms with van der Waals surface area (Å²) in [6.07, 6.45) is -0.588. The monoisotopic (exact) mass is 532 g/mol. The van der Waals surface area contributed by atoms with Crippen molar-refractivity contribution in [1.82, 2.24) is 30.2 Å². The van der Waals surface area contributed by atoms with Crippen molar-refractivity contribution < 1.29 is 19.2 Å². The number of amidine groups is 2. The first-order chi connectivity index (χ1) is 13.7. The number of imide groups is 2. The molecule has 14 heteroatoms.